The molecule has 0 fully saturated rings. The number of hydrogen-bond acceptors (Lipinski definition) is 2. The summed E-state index contributed by atoms with van der Waals surface area (Å²) in [7, 11) is 0. The van der Waals surface area contributed by atoms with Crippen molar-refractivity contribution >= 4 is 12.3 Å². The van der Waals surface area contributed by atoms with E-state index in [9.17, 15) is 0 Å². The van der Waals surface area contributed by atoms with Gasteiger partial charge < -0.3 is 4.74 Å². The van der Waals surface area contributed by atoms with Crippen molar-refractivity contribution in [2.45, 2.75) is 0 Å². The first kappa shape index (κ1) is 5.29. The van der Waals surface area contributed by atoms with Gasteiger partial charge in [0.15, 0.2) is 0 Å². The van der Waals surface area contributed by atoms with E-state index in [1.54, 1.807) is 29.6 Å². The van der Waals surface area contributed by atoms with Gasteiger partial charge in [-0.2, -0.15) is 5.10 Å². The van der Waals surface area contributed by atoms with Crippen LogP contribution in [0.3, 0.4) is 0 Å². The lowest BCUT2D eigenvalue weighted by Gasteiger charge is -1.89. The van der Waals surface area contributed by atoms with Crippen molar-refractivity contribution < 1.29 is 4.74 Å². The van der Waals surface area contributed by atoms with Crippen LogP contribution in [-0.4, -0.2) is 9.78 Å². The second-order valence-corrected chi connectivity index (χ2v) is 1.92. The topological polar surface area (TPSA) is 27.1 Å². The Kier molecular flexibility index (Phi) is 1.07. The van der Waals surface area contributed by atoms with E-state index in [1.165, 1.54) is 0 Å². The van der Waals surface area contributed by atoms with Gasteiger partial charge >= 0.3 is 0 Å². The summed E-state index contributed by atoms with van der Waals surface area (Å²) in [6, 6.07) is 1.91. The molecule has 10 heavy (non-hydrogen) atoms. The molecule has 2 rings (SSSR count). The lowest BCUT2D eigenvalue weighted by molar-refractivity contribution is 0.410. The Balaban J connectivity index is 2.56. The predicted molar refractivity (Wildman–Crippen MR) is 37.7 cm³/mol. The fourth-order valence-corrected chi connectivity index (χ4v) is 0.828. The summed E-state index contributed by atoms with van der Waals surface area (Å²) < 4.78 is 6.65. The van der Waals surface area contributed by atoms with Gasteiger partial charge in [0, 0.05) is 6.20 Å². The summed E-state index contributed by atoms with van der Waals surface area (Å²) in [5, 5.41) is 4.02. The Hall–Kier alpha value is -1.51. The Bertz CT molecular complexity index is 259. The van der Waals surface area contributed by atoms with Gasteiger partial charge in [-0.3, -0.25) is 0 Å². The highest BCUT2D eigenvalue weighted by atomic mass is 16.5. The van der Waals surface area contributed by atoms with Crippen LogP contribution in [0.25, 0.3) is 12.3 Å². The van der Waals surface area contributed by atoms with Crippen molar-refractivity contribution in [1.29, 1.82) is 0 Å². The van der Waals surface area contributed by atoms with Crippen molar-refractivity contribution in [1.82, 2.24) is 9.78 Å². The van der Waals surface area contributed by atoms with Gasteiger partial charge in [0.25, 0.3) is 0 Å². The van der Waals surface area contributed by atoms with Gasteiger partial charge in [-0.15, -0.1) is 0 Å². The molecule has 0 N–H and O–H groups in total. The molecule has 0 aromatic carbocycles. The molecule has 0 atom stereocenters. The van der Waals surface area contributed by atoms with E-state index in [0.717, 1.165) is 5.69 Å². The van der Waals surface area contributed by atoms with Gasteiger partial charge in [-0.1, -0.05) is 0 Å². The minimum atomic E-state index is 1.02. The van der Waals surface area contributed by atoms with Crippen molar-refractivity contribution in [2.24, 2.45) is 0 Å². The average Bonchev–Trinajstić information content (AvgIpc) is 2.28. The summed E-state index contributed by atoms with van der Waals surface area (Å²) in [5.41, 5.74) is 1.02. The SMILES string of the molecule is C1=Cc2ccnn2C=CO1. The molecular formula is C7H6N2O. The van der Waals surface area contributed by atoms with E-state index in [4.69, 9.17) is 4.74 Å². The maximum Gasteiger partial charge on any atom is 0.108 e. The zero-order valence-corrected chi connectivity index (χ0v) is 5.27. The Labute approximate surface area is 58.2 Å². The van der Waals surface area contributed by atoms with Crippen LogP contribution in [-0.2, 0) is 4.74 Å². The molecule has 1 aromatic heterocycles. The highest BCUT2D eigenvalue weighted by Gasteiger charge is 1.95. The molecule has 3 heteroatoms. The third-order valence-corrected chi connectivity index (χ3v) is 1.30. The van der Waals surface area contributed by atoms with Crippen molar-refractivity contribution in [3.8, 4) is 0 Å². The maximum absolute atomic E-state index is 4.91. The number of aromatic nitrogens is 2. The lowest BCUT2D eigenvalue weighted by atomic mass is 10.4. The minimum absolute atomic E-state index is 1.02. The van der Waals surface area contributed by atoms with E-state index < -0.39 is 0 Å². The van der Waals surface area contributed by atoms with Crippen LogP contribution >= 0.6 is 0 Å². The van der Waals surface area contributed by atoms with Gasteiger partial charge in [-0.25, -0.2) is 4.68 Å². The molecule has 1 aromatic rings. The fraction of sp³-hybridized carbons (Fsp3) is 0. The average molecular weight is 134 g/mol. The maximum atomic E-state index is 4.91. The Morgan fingerprint density at radius 1 is 1.40 bits per heavy atom. The summed E-state index contributed by atoms with van der Waals surface area (Å²) in [5.74, 6) is 0. The number of nitrogens with zero attached hydrogens (tertiary/aromatic N) is 2. The zero-order chi connectivity index (χ0) is 6.81. The third-order valence-electron chi connectivity index (χ3n) is 1.30. The molecule has 2 heterocycles. The lowest BCUT2D eigenvalue weighted by Crippen LogP contribution is -1.88. The highest BCUT2D eigenvalue weighted by Crippen LogP contribution is 2.05. The largest absolute Gasteiger partial charge is 0.471 e. The molecular weight excluding hydrogens is 128 g/mol. The first-order valence-corrected chi connectivity index (χ1v) is 2.99. The van der Waals surface area contributed by atoms with E-state index in [2.05, 4.69) is 5.10 Å². The summed E-state index contributed by atoms with van der Waals surface area (Å²) in [4.78, 5) is 0. The van der Waals surface area contributed by atoms with Crippen LogP contribution in [0, 0.1) is 0 Å². The number of fused-ring (bicyclic) bond motifs is 1. The molecule has 1 aliphatic heterocycles. The van der Waals surface area contributed by atoms with E-state index in [0.29, 0.717) is 0 Å². The Morgan fingerprint density at radius 3 is 3.40 bits per heavy atom. The normalized spacial score (nSPS) is 14.0. The number of ether oxygens (including phenoxy) is 1. The Morgan fingerprint density at radius 2 is 2.40 bits per heavy atom. The quantitative estimate of drug-likeness (QED) is 0.535. The standard InChI is InChI=1S/C7H6N2O/c1-3-8-9-4-6-10-5-2-7(1)9/h1-6H. The van der Waals surface area contributed by atoms with Gasteiger partial charge in [0.05, 0.1) is 18.2 Å². The zero-order valence-electron chi connectivity index (χ0n) is 5.27. The predicted octanol–water partition coefficient (Wildman–Crippen LogP) is 1.31. The smallest absolute Gasteiger partial charge is 0.108 e. The van der Waals surface area contributed by atoms with Crippen LogP contribution in [0.4, 0.5) is 0 Å². The summed E-state index contributed by atoms with van der Waals surface area (Å²) in [6.07, 6.45) is 8.56. The van der Waals surface area contributed by atoms with Crippen LogP contribution in [0.1, 0.15) is 5.69 Å². The van der Waals surface area contributed by atoms with Crippen LogP contribution in [0.2, 0.25) is 0 Å². The second kappa shape index (κ2) is 2.02. The molecule has 1 aliphatic rings. The van der Waals surface area contributed by atoms with Crippen LogP contribution in [0.15, 0.2) is 24.8 Å². The first-order valence-electron chi connectivity index (χ1n) is 2.99. The van der Waals surface area contributed by atoms with E-state index in [1.807, 2.05) is 12.1 Å². The van der Waals surface area contributed by atoms with E-state index >= 15 is 0 Å². The van der Waals surface area contributed by atoms with Crippen molar-refractivity contribution in [2.75, 3.05) is 0 Å². The highest BCUT2D eigenvalue weighted by molar-refractivity contribution is 5.48. The summed E-state index contributed by atoms with van der Waals surface area (Å²) in [6.45, 7) is 0. The molecule has 3 nitrogen and oxygen atoms in total. The molecule has 0 aliphatic carbocycles. The molecule has 0 saturated heterocycles. The van der Waals surface area contributed by atoms with Gasteiger partial charge in [0.2, 0.25) is 0 Å². The van der Waals surface area contributed by atoms with Crippen molar-refractivity contribution in [3.05, 3.63) is 30.5 Å². The molecule has 0 amide bonds. The summed E-state index contributed by atoms with van der Waals surface area (Å²) >= 11 is 0. The molecule has 0 radical (unpaired) electrons. The first-order chi connectivity index (χ1) is 4.97. The second-order valence-electron chi connectivity index (χ2n) is 1.92. The van der Waals surface area contributed by atoms with Gasteiger partial charge in [0.1, 0.15) is 6.26 Å². The number of hydrogen-bond donors (Lipinski definition) is 0. The van der Waals surface area contributed by atoms with Crippen molar-refractivity contribution in [3.63, 3.8) is 0 Å². The fourth-order valence-electron chi connectivity index (χ4n) is 0.828. The monoisotopic (exact) mass is 134 g/mol. The molecule has 0 bridgehead atoms. The van der Waals surface area contributed by atoms with Crippen LogP contribution in [0.5, 0.6) is 0 Å². The molecule has 50 valence electrons. The third kappa shape index (κ3) is 0.719. The molecule has 0 spiro atoms. The van der Waals surface area contributed by atoms with E-state index in [-0.39, 0.29) is 0 Å². The van der Waals surface area contributed by atoms with Crippen LogP contribution < -0.4 is 0 Å². The molecule has 0 unspecified atom stereocenters. The number of rotatable bonds is 0. The minimum Gasteiger partial charge on any atom is -0.471 e. The molecule has 0 saturated carbocycles. The van der Waals surface area contributed by atoms with Gasteiger partial charge in [-0.05, 0) is 12.1 Å².